The van der Waals surface area contributed by atoms with E-state index < -0.39 is 17.9 Å². The van der Waals surface area contributed by atoms with Gasteiger partial charge in [0, 0.05) is 21.2 Å². The van der Waals surface area contributed by atoms with Crippen molar-refractivity contribution in [2.45, 2.75) is 13.0 Å². The third-order valence-corrected chi connectivity index (χ3v) is 4.20. The van der Waals surface area contributed by atoms with E-state index in [1.165, 1.54) is 0 Å². The van der Waals surface area contributed by atoms with Crippen molar-refractivity contribution < 1.29 is 14.3 Å². The second-order valence-corrected chi connectivity index (χ2v) is 6.13. The topological polar surface area (TPSA) is 67.8 Å². The van der Waals surface area contributed by atoms with E-state index in [-0.39, 0.29) is 6.61 Å². The summed E-state index contributed by atoms with van der Waals surface area (Å²) in [5.41, 5.74) is 2.08. The first-order valence-corrected chi connectivity index (χ1v) is 8.37. The van der Waals surface area contributed by atoms with Crippen LogP contribution >= 0.6 is 23.2 Å². The molecule has 128 valence electrons. The predicted molar refractivity (Wildman–Crippen MR) is 97.6 cm³/mol. The number of ether oxygens (including phenoxy) is 1. The molecular formula is C18H14Cl2N2O3. The Bertz CT molecular complexity index is 880. The Morgan fingerprint density at radius 2 is 1.96 bits per heavy atom. The zero-order valence-corrected chi connectivity index (χ0v) is 14.8. The molecule has 0 saturated carbocycles. The van der Waals surface area contributed by atoms with Gasteiger partial charge < -0.3 is 10.1 Å². The number of hydrogen-bond donors (Lipinski definition) is 1. The average molecular weight is 377 g/mol. The van der Waals surface area contributed by atoms with Crippen LogP contribution in [-0.4, -0.2) is 30.2 Å². The predicted octanol–water partition coefficient (Wildman–Crippen LogP) is 3.71. The van der Waals surface area contributed by atoms with Crippen molar-refractivity contribution in [1.29, 1.82) is 0 Å². The van der Waals surface area contributed by atoms with Gasteiger partial charge in [-0.3, -0.25) is 9.79 Å². The lowest BCUT2D eigenvalue weighted by Crippen LogP contribution is -2.34. The normalized spacial score (nSPS) is 16.4. The molecule has 2 aromatic carbocycles. The van der Waals surface area contributed by atoms with Crippen molar-refractivity contribution in [3.63, 3.8) is 0 Å². The molecular weight excluding hydrogens is 363 g/mol. The maximum Gasteiger partial charge on any atom is 0.340 e. The van der Waals surface area contributed by atoms with Gasteiger partial charge in [-0.25, -0.2) is 4.79 Å². The van der Waals surface area contributed by atoms with E-state index >= 15 is 0 Å². The van der Waals surface area contributed by atoms with Gasteiger partial charge in [-0.1, -0.05) is 41.4 Å². The molecule has 0 unspecified atom stereocenters. The van der Waals surface area contributed by atoms with E-state index in [4.69, 9.17) is 27.9 Å². The Labute approximate surface area is 154 Å². The van der Waals surface area contributed by atoms with Gasteiger partial charge in [-0.05, 0) is 31.2 Å². The third kappa shape index (κ3) is 3.52. The highest BCUT2D eigenvalue weighted by Gasteiger charge is 2.32. The first-order chi connectivity index (χ1) is 12.0. The molecule has 7 heteroatoms. The minimum absolute atomic E-state index is 0.151. The highest BCUT2D eigenvalue weighted by molar-refractivity contribution is 6.37. The van der Waals surface area contributed by atoms with Crippen LogP contribution in [0.2, 0.25) is 10.0 Å². The molecule has 1 heterocycles. The summed E-state index contributed by atoms with van der Waals surface area (Å²) in [6.45, 7) is 1.82. The van der Waals surface area contributed by atoms with Gasteiger partial charge in [-0.2, -0.15) is 0 Å². The molecule has 5 nitrogen and oxygen atoms in total. The Balaban J connectivity index is 2.22. The third-order valence-electron chi connectivity index (χ3n) is 3.64. The van der Waals surface area contributed by atoms with Crippen molar-refractivity contribution in [2.75, 3.05) is 11.9 Å². The number of halogens is 2. The van der Waals surface area contributed by atoms with Gasteiger partial charge in [0.25, 0.3) is 5.91 Å². The molecule has 1 aliphatic heterocycles. The number of hydrogen-bond acceptors (Lipinski definition) is 4. The second kappa shape index (κ2) is 7.25. The highest BCUT2D eigenvalue weighted by atomic mass is 35.5. The number of nitrogens with zero attached hydrogens (tertiary/aromatic N) is 1. The van der Waals surface area contributed by atoms with E-state index in [0.29, 0.717) is 32.6 Å². The number of benzene rings is 2. The van der Waals surface area contributed by atoms with Crippen LogP contribution in [0, 0.1) is 0 Å². The lowest BCUT2D eigenvalue weighted by atomic mass is 10.0. The fraction of sp³-hybridized carbons (Fsp3) is 0.167. The molecule has 0 spiro atoms. The quantitative estimate of drug-likeness (QED) is 0.655. The minimum Gasteiger partial charge on any atom is -0.464 e. The SMILES string of the molecule is CCOC(=O)[C@@H]1N=C(c2ccccc2Cl)c2cc(Cl)ccc2NC1=O. The maximum absolute atomic E-state index is 12.5. The summed E-state index contributed by atoms with van der Waals surface area (Å²) in [4.78, 5) is 29.0. The Morgan fingerprint density at radius 3 is 2.68 bits per heavy atom. The average Bonchev–Trinajstić information content (AvgIpc) is 2.72. The van der Waals surface area contributed by atoms with Crippen LogP contribution in [0.1, 0.15) is 18.1 Å². The molecule has 0 saturated heterocycles. The number of rotatable bonds is 3. The van der Waals surface area contributed by atoms with Crippen LogP contribution in [0.25, 0.3) is 0 Å². The van der Waals surface area contributed by atoms with Gasteiger partial charge in [0.1, 0.15) is 0 Å². The van der Waals surface area contributed by atoms with E-state index in [2.05, 4.69) is 10.3 Å². The molecule has 1 aliphatic rings. The van der Waals surface area contributed by atoms with E-state index in [1.807, 2.05) is 0 Å². The minimum atomic E-state index is -1.32. The summed E-state index contributed by atoms with van der Waals surface area (Å²) < 4.78 is 4.98. The Hall–Kier alpha value is -2.37. The standard InChI is InChI=1S/C18H14Cl2N2O3/c1-2-25-18(24)16-17(23)21-14-8-7-10(19)9-12(14)15(22-16)11-5-3-4-6-13(11)20/h3-9,16H,2H2,1H3,(H,21,23)/t16-/m1/s1. The van der Waals surface area contributed by atoms with Gasteiger partial charge in [-0.15, -0.1) is 0 Å². The zero-order chi connectivity index (χ0) is 18.0. The summed E-state index contributed by atoms with van der Waals surface area (Å²) in [7, 11) is 0. The molecule has 1 atom stereocenters. The number of carbonyl (C=O) groups is 2. The van der Waals surface area contributed by atoms with Gasteiger partial charge in [0.05, 0.1) is 18.0 Å². The summed E-state index contributed by atoms with van der Waals surface area (Å²) in [5, 5.41) is 3.62. The van der Waals surface area contributed by atoms with Gasteiger partial charge >= 0.3 is 5.97 Å². The smallest absolute Gasteiger partial charge is 0.340 e. The summed E-state index contributed by atoms with van der Waals surface area (Å²) in [6, 6.07) is 10.7. The van der Waals surface area contributed by atoms with Crippen molar-refractivity contribution in [3.05, 3.63) is 63.6 Å². The van der Waals surface area contributed by atoms with E-state index in [0.717, 1.165) is 0 Å². The largest absolute Gasteiger partial charge is 0.464 e. The van der Waals surface area contributed by atoms with Gasteiger partial charge in [0.2, 0.25) is 6.04 Å². The number of carbonyl (C=O) groups excluding carboxylic acids is 2. The van der Waals surface area contributed by atoms with Crippen LogP contribution in [0.15, 0.2) is 47.5 Å². The molecule has 0 fully saturated rings. The number of benzodiazepines with no additional fused rings is 1. The first-order valence-electron chi connectivity index (χ1n) is 7.61. The van der Waals surface area contributed by atoms with Crippen LogP contribution < -0.4 is 5.32 Å². The number of amides is 1. The van der Waals surface area contributed by atoms with Crippen molar-refractivity contribution in [2.24, 2.45) is 4.99 Å². The summed E-state index contributed by atoms with van der Waals surface area (Å²) >= 11 is 12.4. The molecule has 0 aromatic heterocycles. The second-order valence-electron chi connectivity index (χ2n) is 5.29. The number of esters is 1. The lowest BCUT2D eigenvalue weighted by Gasteiger charge is -2.11. The van der Waals surface area contributed by atoms with Gasteiger partial charge in [0.15, 0.2) is 0 Å². The fourth-order valence-electron chi connectivity index (χ4n) is 2.53. The van der Waals surface area contributed by atoms with Crippen molar-refractivity contribution >= 4 is 46.5 Å². The Kier molecular flexibility index (Phi) is 5.06. The monoisotopic (exact) mass is 376 g/mol. The zero-order valence-electron chi connectivity index (χ0n) is 13.3. The molecule has 0 aliphatic carbocycles. The lowest BCUT2D eigenvalue weighted by molar-refractivity contribution is -0.146. The molecule has 2 aromatic rings. The molecule has 0 bridgehead atoms. The first kappa shape index (κ1) is 17.5. The molecule has 1 amide bonds. The molecule has 3 rings (SSSR count). The van der Waals surface area contributed by atoms with E-state index in [1.54, 1.807) is 49.4 Å². The maximum atomic E-state index is 12.5. The number of fused-ring (bicyclic) bond motifs is 1. The Morgan fingerprint density at radius 1 is 1.20 bits per heavy atom. The van der Waals surface area contributed by atoms with Crippen LogP contribution in [0.4, 0.5) is 5.69 Å². The highest BCUT2D eigenvalue weighted by Crippen LogP contribution is 2.29. The molecule has 1 N–H and O–H groups in total. The number of nitrogens with one attached hydrogen (secondary N) is 1. The van der Waals surface area contributed by atoms with Crippen LogP contribution in [0.5, 0.6) is 0 Å². The van der Waals surface area contributed by atoms with Crippen LogP contribution in [-0.2, 0) is 14.3 Å². The number of anilines is 1. The van der Waals surface area contributed by atoms with E-state index in [9.17, 15) is 9.59 Å². The van der Waals surface area contributed by atoms with Crippen LogP contribution in [0.3, 0.4) is 0 Å². The summed E-state index contributed by atoms with van der Waals surface area (Å²) in [5.74, 6) is -1.28. The fourth-order valence-corrected chi connectivity index (χ4v) is 2.93. The number of aliphatic imine (C=N–C) groups is 1. The van der Waals surface area contributed by atoms with Crippen molar-refractivity contribution in [1.82, 2.24) is 0 Å². The molecule has 0 radical (unpaired) electrons. The van der Waals surface area contributed by atoms with Crippen molar-refractivity contribution in [3.8, 4) is 0 Å². The summed E-state index contributed by atoms with van der Waals surface area (Å²) in [6.07, 6.45) is 0. The molecule has 25 heavy (non-hydrogen) atoms.